The molecule has 2 nitrogen and oxygen atoms in total. The van der Waals surface area contributed by atoms with Crippen LogP contribution in [-0.4, -0.2) is 0 Å². The van der Waals surface area contributed by atoms with Crippen molar-refractivity contribution in [2.45, 2.75) is 13.8 Å². The van der Waals surface area contributed by atoms with E-state index in [1.807, 2.05) is 24.3 Å². The Morgan fingerprint density at radius 2 is 1.36 bits per heavy atom. The molecule has 1 heterocycles. The number of aryl methyl sites for hydroxylation is 2. The van der Waals surface area contributed by atoms with Gasteiger partial charge in [0.1, 0.15) is 0 Å². The fraction of sp³-hybridized carbons (Fsp3) is 0.100. The van der Waals surface area contributed by atoms with Crippen molar-refractivity contribution in [2.24, 2.45) is 0 Å². The molecule has 0 radical (unpaired) electrons. The summed E-state index contributed by atoms with van der Waals surface area (Å²) in [6.07, 6.45) is 0. The van der Waals surface area contributed by atoms with Gasteiger partial charge < -0.3 is 9.64 Å². The van der Waals surface area contributed by atoms with Crippen LogP contribution in [0.1, 0.15) is 11.1 Å². The molecule has 0 atom stereocenters. The number of anilines is 3. The second-order valence-electron chi connectivity index (χ2n) is 5.71. The predicted molar refractivity (Wildman–Crippen MR) is 90.7 cm³/mol. The van der Waals surface area contributed by atoms with Gasteiger partial charge in [0, 0.05) is 5.69 Å². The molecular formula is C20H17NO. The summed E-state index contributed by atoms with van der Waals surface area (Å²) in [4.78, 5) is 2.26. The quantitative estimate of drug-likeness (QED) is 0.433. The highest BCUT2D eigenvalue weighted by atomic mass is 16.5. The normalized spacial score (nSPS) is 12.4. The molecule has 0 spiro atoms. The van der Waals surface area contributed by atoms with E-state index in [-0.39, 0.29) is 0 Å². The minimum atomic E-state index is 0.888. The Morgan fingerprint density at radius 3 is 2.18 bits per heavy atom. The molecule has 3 aromatic carbocycles. The van der Waals surface area contributed by atoms with Crippen LogP contribution in [0.5, 0.6) is 11.5 Å². The topological polar surface area (TPSA) is 12.5 Å². The van der Waals surface area contributed by atoms with Crippen molar-refractivity contribution in [1.29, 1.82) is 0 Å². The summed E-state index contributed by atoms with van der Waals surface area (Å²) in [6, 6.07) is 23.1. The van der Waals surface area contributed by atoms with Crippen LogP contribution >= 0.6 is 0 Å². The summed E-state index contributed by atoms with van der Waals surface area (Å²) in [5.74, 6) is 1.78. The molecule has 0 fully saturated rings. The summed E-state index contributed by atoms with van der Waals surface area (Å²) in [6.45, 7) is 4.21. The van der Waals surface area contributed by atoms with E-state index in [1.54, 1.807) is 0 Å². The lowest BCUT2D eigenvalue weighted by molar-refractivity contribution is 0.477. The first kappa shape index (κ1) is 13.0. The number of hydrogen-bond acceptors (Lipinski definition) is 2. The lowest BCUT2D eigenvalue weighted by Gasteiger charge is -2.33. The lowest BCUT2D eigenvalue weighted by atomic mass is 10.1. The highest BCUT2D eigenvalue weighted by Crippen LogP contribution is 2.50. The zero-order chi connectivity index (χ0) is 15.1. The molecule has 22 heavy (non-hydrogen) atoms. The van der Waals surface area contributed by atoms with E-state index in [0.717, 1.165) is 28.6 Å². The van der Waals surface area contributed by atoms with Gasteiger partial charge in [0.05, 0.1) is 11.4 Å². The van der Waals surface area contributed by atoms with Gasteiger partial charge in [-0.3, -0.25) is 0 Å². The number of fused-ring (bicyclic) bond motifs is 2. The SMILES string of the molecule is Cc1ccc(N2c3ccccc3Oc3ccc(C)cc32)cc1. The van der Waals surface area contributed by atoms with Gasteiger partial charge in [0.2, 0.25) is 0 Å². The van der Waals surface area contributed by atoms with Gasteiger partial charge >= 0.3 is 0 Å². The van der Waals surface area contributed by atoms with Gasteiger partial charge in [-0.25, -0.2) is 0 Å². The van der Waals surface area contributed by atoms with E-state index in [9.17, 15) is 0 Å². The van der Waals surface area contributed by atoms with Crippen molar-refractivity contribution in [3.63, 3.8) is 0 Å². The zero-order valence-corrected chi connectivity index (χ0v) is 12.7. The Morgan fingerprint density at radius 1 is 0.682 bits per heavy atom. The summed E-state index contributed by atoms with van der Waals surface area (Å²) in [5, 5.41) is 0. The number of hydrogen-bond donors (Lipinski definition) is 0. The maximum absolute atomic E-state index is 6.07. The van der Waals surface area contributed by atoms with Gasteiger partial charge in [-0.15, -0.1) is 0 Å². The highest BCUT2D eigenvalue weighted by Gasteiger charge is 2.25. The first-order valence-corrected chi connectivity index (χ1v) is 7.47. The largest absolute Gasteiger partial charge is 0.453 e. The van der Waals surface area contributed by atoms with Crippen molar-refractivity contribution in [3.05, 3.63) is 77.9 Å². The van der Waals surface area contributed by atoms with Gasteiger partial charge in [-0.2, -0.15) is 0 Å². The molecule has 0 aliphatic carbocycles. The summed E-state index contributed by atoms with van der Waals surface area (Å²) >= 11 is 0. The molecule has 0 aromatic heterocycles. The third-order valence-corrected chi connectivity index (χ3v) is 3.97. The highest BCUT2D eigenvalue weighted by molar-refractivity contribution is 5.86. The summed E-state index contributed by atoms with van der Waals surface area (Å²) in [7, 11) is 0. The van der Waals surface area contributed by atoms with Gasteiger partial charge in [0.25, 0.3) is 0 Å². The molecule has 2 heteroatoms. The zero-order valence-electron chi connectivity index (χ0n) is 12.7. The van der Waals surface area contributed by atoms with Crippen molar-refractivity contribution in [2.75, 3.05) is 4.90 Å². The third-order valence-electron chi connectivity index (χ3n) is 3.97. The average molecular weight is 287 g/mol. The van der Waals surface area contributed by atoms with Crippen LogP contribution in [0.25, 0.3) is 0 Å². The molecule has 0 N–H and O–H groups in total. The number of para-hydroxylation sites is 2. The van der Waals surface area contributed by atoms with Crippen molar-refractivity contribution in [3.8, 4) is 11.5 Å². The van der Waals surface area contributed by atoms with Crippen molar-refractivity contribution >= 4 is 17.1 Å². The van der Waals surface area contributed by atoms with E-state index in [0.29, 0.717) is 0 Å². The van der Waals surface area contributed by atoms with Crippen LogP contribution in [0, 0.1) is 13.8 Å². The van der Waals surface area contributed by atoms with Crippen LogP contribution in [-0.2, 0) is 0 Å². The molecule has 4 rings (SSSR count). The molecule has 108 valence electrons. The van der Waals surface area contributed by atoms with E-state index < -0.39 is 0 Å². The van der Waals surface area contributed by atoms with E-state index >= 15 is 0 Å². The number of rotatable bonds is 1. The van der Waals surface area contributed by atoms with Crippen LogP contribution < -0.4 is 9.64 Å². The number of ether oxygens (including phenoxy) is 1. The Balaban J connectivity index is 1.96. The van der Waals surface area contributed by atoms with Crippen LogP contribution in [0.15, 0.2) is 66.7 Å². The van der Waals surface area contributed by atoms with E-state index in [2.05, 4.69) is 61.2 Å². The second-order valence-corrected chi connectivity index (χ2v) is 5.71. The molecule has 0 bridgehead atoms. The number of nitrogens with zero attached hydrogens (tertiary/aromatic N) is 1. The molecule has 0 saturated heterocycles. The average Bonchev–Trinajstić information content (AvgIpc) is 2.54. The van der Waals surface area contributed by atoms with Crippen LogP contribution in [0.2, 0.25) is 0 Å². The summed E-state index contributed by atoms with van der Waals surface area (Å²) in [5.41, 5.74) is 5.79. The molecule has 1 aliphatic rings. The first-order valence-electron chi connectivity index (χ1n) is 7.47. The molecule has 0 amide bonds. The molecule has 0 unspecified atom stereocenters. The first-order chi connectivity index (χ1) is 10.7. The molecule has 0 saturated carbocycles. The molecular weight excluding hydrogens is 270 g/mol. The van der Waals surface area contributed by atoms with Crippen molar-refractivity contribution < 1.29 is 4.74 Å². The summed E-state index contributed by atoms with van der Waals surface area (Å²) < 4.78 is 6.07. The van der Waals surface area contributed by atoms with Crippen LogP contribution in [0.3, 0.4) is 0 Å². The second kappa shape index (κ2) is 4.92. The fourth-order valence-electron chi connectivity index (χ4n) is 2.84. The smallest absolute Gasteiger partial charge is 0.151 e. The van der Waals surface area contributed by atoms with Gasteiger partial charge in [0.15, 0.2) is 11.5 Å². The van der Waals surface area contributed by atoms with E-state index in [4.69, 9.17) is 4.74 Å². The standard InChI is InChI=1S/C20H17NO/c1-14-7-10-16(11-8-14)21-17-5-3-4-6-19(17)22-20-12-9-15(2)13-18(20)21/h3-13H,1-2H3. The van der Waals surface area contributed by atoms with Crippen LogP contribution in [0.4, 0.5) is 17.1 Å². The minimum Gasteiger partial charge on any atom is -0.453 e. The molecule has 3 aromatic rings. The van der Waals surface area contributed by atoms with Gasteiger partial charge in [-0.1, -0.05) is 35.9 Å². The molecule has 1 aliphatic heterocycles. The van der Waals surface area contributed by atoms with E-state index in [1.165, 1.54) is 11.1 Å². The Hall–Kier alpha value is -2.74. The minimum absolute atomic E-state index is 0.888. The maximum Gasteiger partial charge on any atom is 0.151 e. The number of benzene rings is 3. The third kappa shape index (κ3) is 2.04. The van der Waals surface area contributed by atoms with Gasteiger partial charge in [-0.05, 0) is 55.8 Å². The monoisotopic (exact) mass is 287 g/mol. The maximum atomic E-state index is 6.07. The Labute approximate surface area is 130 Å². The predicted octanol–water partition coefficient (Wildman–Crippen LogP) is 5.88. The lowest BCUT2D eigenvalue weighted by Crippen LogP contribution is -2.15. The Kier molecular flexibility index (Phi) is 2.90. The van der Waals surface area contributed by atoms with Crippen molar-refractivity contribution in [1.82, 2.24) is 0 Å². The fourth-order valence-corrected chi connectivity index (χ4v) is 2.84. The Bertz CT molecular complexity index is 837.